The molecule has 152 valence electrons. The number of aliphatic imine (C=N–C) groups is 1. The van der Waals surface area contributed by atoms with E-state index in [1.165, 1.54) is 11.8 Å². The van der Waals surface area contributed by atoms with Crippen LogP contribution in [0.15, 0.2) is 29.3 Å². The molecule has 2 heterocycles. The first-order valence-corrected chi connectivity index (χ1v) is 12.0. The van der Waals surface area contributed by atoms with Crippen molar-refractivity contribution >= 4 is 44.3 Å². The first-order valence-electron chi connectivity index (χ1n) is 9.26. The van der Waals surface area contributed by atoms with Gasteiger partial charge in [0.15, 0.2) is 15.0 Å². The molecule has 0 aliphatic carbocycles. The number of nitrogens with zero attached hydrogens (tertiary/aromatic N) is 2. The Morgan fingerprint density at radius 1 is 1.25 bits per heavy atom. The van der Waals surface area contributed by atoms with Crippen LogP contribution in [0, 0.1) is 0 Å². The van der Waals surface area contributed by atoms with Gasteiger partial charge in [-0.3, -0.25) is 9.59 Å². The van der Waals surface area contributed by atoms with Gasteiger partial charge in [0.1, 0.15) is 0 Å². The molecule has 1 aromatic carbocycles. The molecule has 1 amide bonds. The van der Waals surface area contributed by atoms with E-state index in [1.54, 1.807) is 0 Å². The van der Waals surface area contributed by atoms with E-state index in [4.69, 9.17) is 5.11 Å². The number of carboxylic acids is 1. The number of amidine groups is 1. The molecule has 1 N–H and O–H groups in total. The zero-order valence-electron chi connectivity index (χ0n) is 15.9. The molecule has 0 aromatic heterocycles. The molecule has 28 heavy (non-hydrogen) atoms. The highest BCUT2D eigenvalue weighted by molar-refractivity contribution is 8.16. The summed E-state index contributed by atoms with van der Waals surface area (Å²) < 4.78 is 24.3. The lowest BCUT2D eigenvalue weighted by Crippen LogP contribution is -2.38. The number of carboxylic acid groups (broad SMARTS) is 1. The number of para-hydroxylation sites is 1. The van der Waals surface area contributed by atoms with Crippen molar-refractivity contribution in [3.8, 4) is 0 Å². The topological polar surface area (TPSA) is 104 Å². The minimum absolute atomic E-state index is 0.0450. The molecule has 3 rings (SSSR count). The maximum atomic E-state index is 12.3. The summed E-state index contributed by atoms with van der Waals surface area (Å²) in [6, 6.07) is 7.54. The van der Waals surface area contributed by atoms with Gasteiger partial charge in [0.05, 0.1) is 17.5 Å². The molecule has 2 atom stereocenters. The lowest BCUT2D eigenvalue weighted by molar-refractivity contribution is -0.137. The van der Waals surface area contributed by atoms with Crippen molar-refractivity contribution in [1.82, 2.24) is 0 Å². The fraction of sp³-hybridized carbons (Fsp3) is 0.526. The summed E-state index contributed by atoms with van der Waals surface area (Å²) in [7, 11) is -3.12. The average Bonchev–Trinajstić information content (AvgIpc) is 3.05. The molecule has 0 saturated carbocycles. The van der Waals surface area contributed by atoms with Crippen LogP contribution in [0.3, 0.4) is 0 Å². The molecule has 9 heteroatoms. The summed E-state index contributed by atoms with van der Waals surface area (Å²) >= 11 is 1.33. The zero-order chi connectivity index (χ0) is 20.5. The first-order chi connectivity index (χ1) is 13.2. The van der Waals surface area contributed by atoms with Crippen LogP contribution in [0.2, 0.25) is 0 Å². The number of anilines is 1. The van der Waals surface area contributed by atoms with Crippen molar-refractivity contribution in [1.29, 1.82) is 0 Å². The Hall–Kier alpha value is -1.87. The highest BCUT2D eigenvalue weighted by Gasteiger charge is 2.49. The fourth-order valence-electron chi connectivity index (χ4n) is 3.59. The molecule has 2 aliphatic heterocycles. The van der Waals surface area contributed by atoms with Crippen molar-refractivity contribution < 1.29 is 23.1 Å². The summed E-state index contributed by atoms with van der Waals surface area (Å²) in [5.41, 5.74) is 1.95. The third-order valence-electron chi connectivity index (χ3n) is 4.89. The average molecular weight is 425 g/mol. The smallest absolute Gasteiger partial charge is 0.303 e. The van der Waals surface area contributed by atoms with Gasteiger partial charge in [0.2, 0.25) is 5.91 Å². The Balaban J connectivity index is 1.93. The van der Waals surface area contributed by atoms with Gasteiger partial charge in [-0.1, -0.05) is 43.8 Å². The summed E-state index contributed by atoms with van der Waals surface area (Å²) in [5, 5.41) is 9.08. The monoisotopic (exact) mass is 424 g/mol. The van der Waals surface area contributed by atoms with E-state index in [-0.39, 0.29) is 53.9 Å². The summed E-state index contributed by atoms with van der Waals surface area (Å²) in [4.78, 5) is 29.1. The summed E-state index contributed by atoms with van der Waals surface area (Å²) in [5.74, 6) is -0.967. The summed E-state index contributed by atoms with van der Waals surface area (Å²) in [6.45, 7) is 4.14. The van der Waals surface area contributed by atoms with Crippen molar-refractivity contribution in [3.05, 3.63) is 29.8 Å². The molecule has 7 nitrogen and oxygen atoms in total. The summed E-state index contributed by atoms with van der Waals surface area (Å²) in [6.07, 6.45) is 0.218. The van der Waals surface area contributed by atoms with E-state index in [0.29, 0.717) is 5.17 Å². The number of thioether (sulfide) groups is 1. The van der Waals surface area contributed by atoms with Crippen molar-refractivity contribution in [2.45, 2.75) is 50.3 Å². The third kappa shape index (κ3) is 4.57. The Kier molecular flexibility index (Phi) is 6.14. The number of aliphatic carboxylic acids is 1. The molecule has 0 spiro atoms. The zero-order valence-corrected chi connectivity index (χ0v) is 17.5. The maximum Gasteiger partial charge on any atom is 0.303 e. The molecule has 0 radical (unpaired) electrons. The number of fused-ring (bicyclic) bond motifs is 1. The fourth-order valence-corrected chi connectivity index (χ4v) is 7.52. The van der Waals surface area contributed by atoms with Gasteiger partial charge in [0, 0.05) is 23.8 Å². The maximum absolute atomic E-state index is 12.3. The lowest BCUT2D eigenvalue weighted by atomic mass is 9.99. The van der Waals surface area contributed by atoms with E-state index >= 15 is 0 Å². The molecule has 2 saturated heterocycles. The van der Waals surface area contributed by atoms with Crippen LogP contribution < -0.4 is 4.90 Å². The number of sulfone groups is 1. The third-order valence-corrected chi connectivity index (χ3v) is 8.10. The second-order valence-corrected chi connectivity index (χ2v) is 10.8. The number of hydrogen-bond acceptors (Lipinski definition) is 5. The number of hydrogen-bond donors (Lipinski definition) is 1. The van der Waals surface area contributed by atoms with E-state index < -0.39 is 15.8 Å². The Morgan fingerprint density at radius 2 is 1.96 bits per heavy atom. The number of carbonyl (C=O) groups is 2. The minimum atomic E-state index is -3.12. The molecule has 0 unspecified atom stereocenters. The van der Waals surface area contributed by atoms with Gasteiger partial charge in [-0.05, 0) is 24.0 Å². The number of carbonyl (C=O) groups excluding carboxylic acids is 1. The van der Waals surface area contributed by atoms with Crippen molar-refractivity contribution in [2.24, 2.45) is 4.99 Å². The van der Waals surface area contributed by atoms with E-state index in [9.17, 15) is 18.0 Å². The van der Waals surface area contributed by atoms with Gasteiger partial charge in [-0.2, -0.15) is 4.99 Å². The van der Waals surface area contributed by atoms with E-state index in [1.807, 2.05) is 29.2 Å². The van der Waals surface area contributed by atoms with E-state index in [2.05, 4.69) is 18.8 Å². The van der Waals surface area contributed by atoms with Gasteiger partial charge in [-0.25, -0.2) is 8.42 Å². The second-order valence-electron chi connectivity index (χ2n) is 7.42. The lowest BCUT2D eigenvalue weighted by Gasteiger charge is -2.28. The predicted molar refractivity (Wildman–Crippen MR) is 111 cm³/mol. The van der Waals surface area contributed by atoms with Gasteiger partial charge in [-0.15, -0.1) is 0 Å². The highest BCUT2D eigenvalue weighted by Crippen LogP contribution is 2.43. The SMILES string of the molecule is CC(C)c1ccccc1N1C(=NC(=O)CCCC(=O)O)S[C@H]2CS(=O)(=O)C[C@H]21. The largest absolute Gasteiger partial charge is 0.481 e. The standard InChI is InChI=1S/C19H24N2O5S2/c1-12(2)13-6-3-4-7-14(13)21-15-10-28(25,26)11-16(15)27-19(21)20-17(22)8-5-9-18(23)24/h3-4,6-7,12,15-16H,5,8-11H2,1-2H3,(H,23,24)/t15-,16+/m1/s1. The molecular formula is C19H24N2O5S2. The van der Waals surface area contributed by atoms with Crippen LogP contribution in [0.1, 0.15) is 44.6 Å². The molecule has 2 fully saturated rings. The van der Waals surface area contributed by atoms with Crippen LogP contribution in [0.4, 0.5) is 5.69 Å². The van der Waals surface area contributed by atoms with E-state index in [0.717, 1.165) is 11.3 Å². The number of benzene rings is 1. The van der Waals surface area contributed by atoms with Crippen molar-refractivity contribution in [2.75, 3.05) is 16.4 Å². The normalized spacial score (nSPS) is 24.7. The van der Waals surface area contributed by atoms with Crippen LogP contribution in [-0.4, -0.2) is 53.4 Å². The van der Waals surface area contributed by atoms with Gasteiger partial charge >= 0.3 is 5.97 Å². The molecule has 1 aromatic rings. The molecular weight excluding hydrogens is 400 g/mol. The van der Waals surface area contributed by atoms with Crippen LogP contribution in [-0.2, 0) is 19.4 Å². The minimum Gasteiger partial charge on any atom is -0.481 e. The number of amides is 1. The van der Waals surface area contributed by atoms with Crippen LogP contribution in [0.5, 0.6) is 0 Å². The van der Waals surface area contributed by atoms with Gasteiger partial charge in [0.25, 0.3) is 0 Å². The Labute approximate surface area is 169 Å². The highest BCUT2D eigenvalue weighted by atomic mass is 32.2. The second kappa shape index (κ2) is 8.24. The van der Waals surface area contributed by atoms with Gasteiger partial charge < -0.3 is 10.0 Å². The Morgan fingerprint density at radius 3 is 2.64 bits per heavy atom. The van der Waals surface area contributed by atoms with Crippen LogP contribution in [0.25, 0.3) is 0 Å². The quantitative estimate of drug-likeness (QED) is 0.748. The Bertz CT molecular complexity index is 911. The molecule has 2 aliphatic rings. The van der Waals surface area contributed by atoms with Crippen molar-refractivity contribution in [3.63, 3.8) is 0 Å². The first kappa shape index (κ1) is 20.9. The predicted octanol–water partition coefficient (Wildman–Crippen LogP) is 2.67. The van der Waals surface area contributed by atoms with Crippen LogP contribution >= 0.6 is 11.8 Å². The molecule has 0 bridgehead atoms. The number of rotatable bonds is 6.